The molecule has 3 aromatic heterocycles. The van der Waals surface area contributed by atoms with Gasteiger partial charge in [0.05, 0.1) is 22.1 Å². The van der Waals surface area contributed by atoms with Gasteiger partial charge in [-0.3, -0.25) is 0 Å². The van der Waals surface area contributed by atoms with E-state index in [4.69, 9.17) is 4.42 Å². The monoisotopic (exact) mass is 898 g/mol. The zero-order valence-electron chi connectivity index (χ0n) is 40.7. The van der Waals surface area contributed by atoms with Crippen LogP contribution in [0.15, 0.2) is 126 Å². The smallest absolute Gasteiger partial charge is 0.333 e. The summed E-state index contributed by atoms with van der Waals surface area (Å²) < 4.78 is 12.5. The molecule has 2 aliphatic heterocycles. The molecule has 15 rings (SSSR count). The van der Waals surface area contributed by atoms with Crippen molar-refractivity contribution >= 4 is 115 Å². The fourth-order valence-electron chi connectivity index (χ4n) is 14.1. The number of furan rings is 1. The van der Waals surface area contributed by atoms with Crippen molar-refractivity contribution in [2.75, 3.05) is 4.81 Å². The average Bonchev–Trinajstić information content (AvgIpc) is 4.00. The van der Waals surface area contributed by atoms with Gasteiger partial charge in [0.1, 0.15) is 11.2 Å². The number of hydrogen-bond acceptors (Lipinski definition) is 3. The molecule has 0 N–H and O–H groups in total. The lowest BCUT2D eigenvalue weighted by Crippen LogP contribution is -2.60. The highest BCUT2D eigenvalue weighted by atomic mass is 32.1. The Morgan fingerprint density at radius 1 is 0.529 bits per heavy atom. The SMILES string of the molecule is Cc1cc2c(cc1N1B3c4c(cc5oc6ccccc6c5c4-n4c5ccc6ccccc6c5c5cccc3c54)-c3c1ccc1sc4cc5c(cc4c31)C(C)(C)CCC5(C)C)C(C)(C)CCC2(C)C. The number of hydrogen-bond donors (Lipinski definition) is 0. The molecule has 332 valence electrons. The van der Waals surface area contributed by atoms with Gasteiger partial charge in [-0.05, 0) is 158 Å². The van der Waals surface area contributed by atoms with Crippen molar-refractivity contribution in [3.8, 4) is 16.8 Å². The molecule has 5 heterocycles. The highest BCUT2D eigenvalue weighted by Gasteiger charge is 2.48. The van der Waals surface area contributed by atoms with Crippen molar-refractivity contribution < 1.29 is 4.42 Å². The summed E-state index contributed by atoms with van der Waals surface area (Å²) in [6, 6.07) is 47.4. The van der Waals surface area contributed by atoms with Gasteiger partial charge < -0.3 is 13.8 Å². The molecule has 5 heteroatoms. The van der Waals surface area contributed by atoms with Crippen LogP contribution in [0.4, 0.5) is 11.4 Å². The fraction of sp³-hybridized carbons (Fsp3) is 0.270. The Bertz CT molecular complexity index is 4130. The van der Waals surface area contributed by atoms with Crippen LogP contribution in [0.5, 0.6) is 0 Å². The van der Waals surface area contributed by atoms with Crippen LogP contribution < -0.4 is 15.7 Å². The first-order valence-electron chi connectivity index (χ1n) is 25.0. The van der Waals surface area contributed by atoms with Gasteiger partial charge in [-0.2, -0.15) is 0 Å². The van der Waals surface area contributed by atoms with Crippen molar-refractivity contribution in [2.24, 2.45) is 0 Å². The minimum Gasteiger partial charge on any atom is -0.456 e. The average molecular weight is 899 g/mol. The first-order chi connectivity index (χ1) is 32.6. The van der Waals surface area contributed by atoms with E-state index < -0.39 is 0 Å². The lowest BCUT2D eigenvalue weighted by atomic mass is 9.43. The summed E-state index contributed by atoms with van der Waals surface area (Å²) in [4.78, 5) is 2.81. The lowest BCUT2D eigenvalue weighted by molar-refractivity contribution is 0.332. The van der Waals surface area contributed by atoms with Gasteiger partial charge in [0, 0.05) is 53.3 Å². The fourth-order valence-corrected chi connectivity index (χ4v) is 15.2. The molecule has 0 bridgehead atoms. The van der Waals surface area contributed by atoms with E-state index in [1.165, 1.54) is 151 Å². The van der Waals surface area contributed by atoms with Crippen LogP contribution in [0, 0.1) is 6.92 Å². The van der Waals surface area contributed by atoms with Crippen LogP contribution in [-0.2, 0) is 21.7 Å². The lowest BCUT2D eigenvalue weighted by Gasteiger charge is -2.46. The Morgan fingerprint density at radius 3 is 1.96 bits per heavy atom. The molecule has 0 atom stereocenters. The standard InChI is InChI=1S/C63H55BN2OS/c1-34-29-41-43(62(6,7)27-25-60(41,2)3)32-48(34)66-47-23-24-51-56(39-30-42-44(33-52(39)68-51)63(8,9)28-26-61(42,4)5)54(47)40-31-50-55(37-17-12-13-20-49(37)67-50)59-57(40)64(66)45-19-14-18-38-53-36-16-11-10-15-35(36)21-22-46(53)65(59)58(38)45/h10-24,29-33H,25-28H2,1-9H3. The molecule has 0 saturated carbocycles. The van der Waals surface area contributed by atoms with Crippen molar-refractivity contribution in [3.63, 3.8) is 0 Å². The van der Waals surface area contributed by atoms with E-state index in [0.29, 0.717) is 0 Å². The maximum absolute atomic E-state index is 7.09. The number of thiophene rings is 1. The number of para-hydroxylation sites is 2. The Labute approximate surface area is 402 Å². The second-order valence-electron chi connectivity index (χ2n) is 23.7. The molecule has 11 aromatic rings. The molecule has 68 heavy (non-hydrogen) atoms. The zero-order chi connectivity index (χ0) is 46.1. The van der Waals surface area contributed by atoms with Gasteiger partial charge in [0.15, 0.2) is 0 Å². The molecule has 8 aromatic carbocycles. The number of fused-ring (bicyclic) bond motifs is 19. The topological polar surface area (TPSA) is 21.3 Å². The molecule has 0 spiro atoms. The summed E-state index contributed by atoms with van der Waals surface area (Å²) in [7, 11) is 0. The molecule has 0 unspecified atom stereocenters. The van der Waals surface area contributed by atoms with Crippen LogP contribution in [0.2, 0.25) is 0 Å². The quantitative estimate of drug-likeness (QED) is 0.153. The van der Waals surface area contributed by atoms with E-state index >= 15 is 0 Å². The van der Waals surface area contributed by atoms with E-state index in [1.807, 2.05) is 11.3 Å². The Balaban J connectivity index is 1.17. The summed E-state index contributed by atoms with van der Waals surface area (Å²) in [5.74, 6) is 0. The summed E-state index contributed by atoms with van der Waals surface area (Å²) in [5.41, 5.74) is 21.3. The molecule has 4 aliphatic rings. The largest absolute Gasteiger partial charge is 0.456 e. The molecule has 0 radical (unpaired) electrons. The van der Waals surface area contributed by atoms with Gasteiger partial charge in [0.2, 0.25) is 0 Å². The number of aryl methyl sites for hydroxylation is 1. The predicted molar refractivity (Wildman–Crippen MR) is 293 cm³/mol. The Morgan fingerprint density at radius 2 is 1.19 bits per heavy atom. The second-order valence-corrected chi connectivity index (χ2v) is 24.8. The minimum atomic E-state index is -0.108. The molecule has 0 amide bonds. The first kappa shape index (κ1) is 39.7. The minimum absolute atomic E-state index is 0.0457. The maximum atomic E-state index is 7.09. The third-order valence-electron chi connectivity index (χ3n) is 18.0. The number of aromatic nitrogens is 1. The summed E-state index contributed by atoms with van der Waals surface area (Å²) >= 11 is 1.97. The van der Waals surface area contributed by atoms with Gasteiger partial charge in [-0.15, -0.1) is 11.3 Å². The molecule has 0 saturated heterocycles. The van der Waals surface area contributed by atoms with Crippen molar-refractivity contribution in [1.82, 2.24) is 4.57 Å². The van der Waals surface area contributed by atoms with Crippen molar-refractivity contribution in [1.29, 1.82) is 0 Å². The van der Waals surface area contributed by atoms with Crippen LogP contribution in [0.1, 0.15) is 109 Å². The molecular weight excluding hydrogens is 844 g/mol. The number of rotatable bonds is 1. The van der Waals surface area contributed by atoms with E-state index in [2.05, 4.69) is 193 Å². The van der Waals surface area contributed by atoms with E-state index in [9.17, 15) is 0 Å². The van der Waals surface area contributed by atoms with Gasteiger partial charge in [-0.25, -0.2) is 0 Å². The highest BCUT2D eigenvalue weighted by molar-refractivity contribution is 7.26. The van der Waals surface area contributed by atoms with Gasteiger partial charge in [-0.1, -0.05) is 128 Å². The molecular formula is C63H55BN2OS. The summed E-state index contributed by atoms with van der Waals surface area (Å²) in [6.07, 6.45) is 4.74. The Kier molecular flexibility index (Phi) is 7.39. The normalized spacial score (nSPS) is 18.2. The van der Waals surface area contributed by atoms with E-state index in [0.717, 1.165) is 16.6 Å². The molecule has 3 nitrogen and oxygen atoms in total. The first-order valence-corrected chi connectivity index (χ1v) is 25.9. The van der Waals surface area contributed by atoms with Crippen molar-refractivity contribution in [3.05, 3.63) is 149 Å². The van der Waals surface area contributed by atoms with E-state index in [-0.39, 0.29) is 28.5 Å². The Hall–Kier alpha value is -6.30. The van der Waals surface area contributed by atoms with Crippen LogP contribution >= 0.6 is 11.3 Å². The molecule has 2 aliphatic carbocycles. The number of benzene rings is 8. The van der Waals surface area contributed by atoms with Crippen LogP contribution in [-0.4, -0.2) is 11.4 Å². The van der Waals surface area contributed by atoms with Gasteiger partial charge in [0.25, 0.3) is 0 Å². The third-order valence-corrected chi connectivity index (χ3v) is 19.1. The zero-order valence-corrected chi connectivity index (χ0v) is 41.5. The summed E-state index contributed by atoms with van der Waals surface area (Å²) in [5, 5.41) is 10.3. The number of nitrogens with zero attached hydrogens (tertiary/aromatic N) is 2. The van der Waals surface area contributed by atoms with Gasteiger partial charge >= 0.3 is 6.85 Å². The highest BCUT2D eigenvalue weighted by Crippen LogP contribution is 2.56. The van der Waals surface area contributed by atoms with E-state index in [1.54, 1.807) is 0 Å². The second kappa shape index (κ2) is 12.7. The van der Waals surface area contributed by atoms with Crippen molar-refractivity contribution in [2.45, 2.75) is 110 Å². The predicted octanol–water partition coefficient (Wildman–Crippen LogP) is 16.4. The third kappa shape index (κ3) is 4.86. The molecule has 0 fully saturated rings. The maximum Gasteiger partial charge on any atom is 0.333 e. The summed E-state index contributed by atoms with van der Waals surface area (Å²) in [6.45, 7) is 22.0. The van der Waals surface area contributed by atoms with Crippen LogP contribution in [0.3, 0.4) is 0 Å². The number of anilines is 2. The van der Waals surface area contributed by atoms with Crippen LogP contribution in [0.25, 0.3) is 91.5 Å².